The lowest BCUT2D eigenvalue weighted by molar-refractivity contribution is 0.354. The maximum Gasteiger partial charge on any atom is 0.0104 e. The Morgan fingerprint density at radius 1 is 1.50 bits per heavy atom. The van der Waals surface area contributed by atoms with E-state index in [9.17, 15) is 0 Å². The molecule has 1 fully saturated rings. The van der Waals surface area contributed by atoms with Gasteiger partial charge < -0.3 is 10.2 Å². The number of likely N-dealkylation sites (N-methyl/N-ethyl adjacent to an activating group) is 1. The fourth-order valence-electron chi connectivity index (χ4n) is 1.40. The zero-order chi connectivity index (χ0) is 7.40. The first kappa shape index (κ1) is 8.02. The third-order valence-electron chi connectivity index (χ3n) is 2.28. The van der Waals surface area contributed by atoms with Crippen molar-refractivity contribution in [2.24, 2.45) is 0 Å². The molecule has 0 saturated carbocycles. The number of nitrogens with zero attached hydrogens (tertiary/aromatic N) is 1. The van der Waals surface area contributed by atoms with E-state index in [2.05, 4.69) is 24.2 Å². The smallest absolute Gasteiger partial charge is 0.0104 e. The summed E-state index contributed by atoms with van der Waals surface area (Å²) in [7, 11) is 2.19. The molecule has 2 nitrogen and oxygen atoms in total. The van der Waals surface area contributed by atoms with Crippen LogP contribution in [0.4, 0.5) is 0 Å². The minimum atomic E-state index is 0.768. The highest BCUT2D eigenvalue weighted by Gasteiger charge is 2.10. The predicted octanol–water partition coefficient (Wildman–Crippen LogP) is 0.690. The summed E-state index contributed by atoms with van der Waals surface area (Å²) in [5.74, 6) is 0. The van der Waals surface area contributed by atoms with Gasteiger partial charge in [-0.25, -0.2) is 0 Å². The molecule has 1 atom stereocenters. The summed E-state index contributed by atoms with van der Waals surface area (Å²) in [5.41, 5.74) is 0. The Labute approximate surface area is 63.6 Å². The lowest BCUT2D eigenvalue weighted by atomic mass is 10.1. The standard InChI is InChI=1S/C8H18N2/c1-3-8-4-6-10(2)7-5-9-8/h8-9H,3-7H2,1-2H3. The zero-order valence-corrected chi connectivity index (χ0v) is 7.06. The highest BCUT2D eigenvalue weighted by Crippen LogP contribution is 2.01. The van der Waals surface area contributed by atoms with E-state index in [1.54, 1.807) is 0 Å². The van der Waals surface area contributed by atoms with Gasteiger partial charge in [0.2, 0.25) is 0 Å². The molecule has 1 N–H and O–H groups in total. The van der Waals surface area contributed by atoms with Gasteiger partial charge in [-0.1, -0.05) is 6.92 Å². The average molecular weight is 142 g/mol. The van der Waals surface area contributed by atoms with Crippen LogP contribution in [0.25, 0.3) is 0 Å². The van der Waals surface area contributed by atoms with Gasteiger partial charge in [0.05, 0.1) is 0 Å². The van der Waals surface area contributed by atoms with Crippen LogP contribution in [0.1, 0.15) is 19.8 Å². The van der Waals surface area contributed by atoms with Gasteiger partial charge in [0.25, 0.3) is 0 Å². The molecule has 0 radical (unpaired) electrons. The van der Waals surface area contributed by atoms with Gasteiger partial charge in [0.15, 0.2) is 0 Å². The molecule has 0 amide bonds. The van der Waals surface area contributed by atoms with E-state index in [1.807, 2.05) is 0 Å². The monoisotopic (exact) mass is 142 g/mol. The van der Waals surface area contributed by atoms with Crippen LogP contribution in [-0.2, 0) is 0 Å². The second-order valence-electron chi connectivity index (χ2n) is 3.15. The van der Waals surface area contributed by atoms with Crippen LogP contribution in [-0.4, -0.2) is 37.6 Å². The van der Waals surface area contributed by atoms with Crippen LogP contribution >= 0.6 is 0 Å². The molecule has 2 heteroatoms. The van der Waals surface area contributed by atoms with Crippen molar-refractivity contribution in [2.75, 3.05) is 26.7 Å². The first-order chi connectivity index (χ1) is 4.83. The number of hydrogen-bond acceptors (Lipinski definition) is 2. The second-order valence-corrected chi connectivity index (χ2v) is 3.15. The third-order valence-corrected chi connectivity index (χ3v) is 2.28. The molecule has 1 saturated heterocycles. The summed E-state index contributed by atoms with van der Waals surface area (Å²) in [4.78, 5) is 2.39. The minimum absolute atomic E-state index is 0.768. The summed E-state index contributed by atoms with van der Waals surface area (Å²) in [6.45, 7) is 5.88. The Bertz CT molecular complexity index is 93.3. The minimum Gasteiger partial charge on any atom is -0.313 e. The van der Waals surface area contributed by atoms with E-state index < -0.39 is 0 Å². The van der Waals surface area contributed by atoms with Gasteiger partial charge in [0, 0.05) is 19.1 Å². The van der Waals surface area contributed by atoms with Gasteiger partial charge >= 0.3 is 0 Å². The van der Waals surface area contributed by atoms with Crippen LogP contribution in [0.3, 0.4) is 0 Å². The molecular formula is C8H18N2. The molecule has 1 aliphatic heterocycles. The van der Waals surface area contributed by atoms with Gasteiger partial charge in [-0.3, -0.25) is 0 Å². The van der Waals surface area contributed by atoms with Crippen molar-refractivity contribution in [3.05, 3.63) is 0 Å². The molecule has 1 unspecified atom stereocenters. The van der Waals surface area contributed by atoms with Crippen molar-refractivity contribution in [1.29, 1.82) is 0 Å². The Balaban J connectivity index is 2.26. The average Bonchev–Trinajstić information content (AvgIpc) is 2.14. The van der Waals surface area contributed by atoms with Crippen molar-refractivity contribution in [3.8, 4) is 0 Å². The van der Waals surface area contributed by atoms with Crippen molar-refractivity contribution in [2.45, 2.75) is 25.8 Å². The highest BCUT2D eigenvalue weighted by molar-refractivity contribution is 4.71. The summed E-state index contributed by atoms with van der Waals surface area (Å²) in [5, 5.41) is 3.52. The first-order valence-corrected chi connectivity index (χ1v) is 4.25. The summed E-state index contributed by atoms with van der Waals surface area (Å²) in [6, 6.07) is 0.768. The van der Waals surface area contributed by atoms with Crippen molar-refractivity contribution < 1.29 is 0 Å². The van der Waals surface area contributed by atoms with Crippen molar-refractivity contribution in [1.82, 2.24) is 10.2 Å². The third kappa shape index (κ3) is 2.27. The maximum atomic E-state index is 3.52. The topological polar surface area (TPSA) is 15.3 Å². The SMILES string of the molecule is CCC1CCN(C)CCN1. The van der Waals surface area contributed by atoms with E-state index >= 15 is 0 Å². The quantitative estimate of drug-likeness (QED) is 0.579. The lowest BCUT2D eigenvalue weighted by Crippen LogP contribution is -2.29. The van der Waals surface area contributed by atoms with Crippen molar-refractivity contribution >= 4 is 0 Å². The van der Waals surface area contributed by atoms with E-state index in [0.29, 0.717) is 0 Å². The molecule has 0 aromatic rings. The normalized spacial score (nSPS) is 30.0. The molecule has 0 spiro atoms. The largest absolute Gasteiger partial charge is 0.313 e. The van der Waals surface area contributed by atoms with Gasteiger partial charge in [-0.15, -0.1) is 0 Å². The predicted molar refractivity (Wildman–Crippen MR) is 44.2 cm³/mol. The molecule has 10 heavy (non-hydrogen) atoms. The van der Waals surface area contributed by atoms with E-state index in [1.165, 1.54) is 25.9 Å². The molecule has 1 heterocycles. The molecule has 0 aliphatic carbocycles. The molecular weight excluding hydrogens is 124 g/mol. The Morgan fingerprint density at radius 2 is 2.30 bits per heavy atom. The number of hydrogen-bond donors (Lipinski definition) is 1. The van der Waals surface area contributed by atoms with Crippen LogP contribution in [0.5, 0.6) is 0 Å². The molecule has 0 aromatic heterocycles. The summed E-state index contributed by atoms with van der Waals surface area (Å²) in [6.07, 6.45) is 2.58. The van der Waals surface area contributed by atoms with E-state index in [4.69, 9.17) is 0 Å². The first-order valence-electron chi connectivity index (χ1n) is 4.25. The molecule has 0 bridgehead atoms. The van der Waals surface area contributed by atoms with Gasteiger partial charge in [-0.05, 0) is 26.4 Å². The van der Waals surface area contributed by atoms with Crippen LogP contribution in [0.15, 0.2) is 0 Å². The van der Waals surface area contributed by atoms with E-state index in [0.717, 1.165) is 12.6 Å². The number of rotatable bonds is 1. The lowest BCUT2D eigenvalue weighted by Gasteiger charge is -2.12. The Hall–Kier alpha value is -0.0800. The molecule has 0 aromatic carbocycles. The van der Waals surface area contributed by atoms with Crippen LogP contribution < -0.4 is 5.32 Å². The second kappa shape index (κ2) is 3.94. The maximum absolute atomic E-state index is 3.52. The molecule has 1 rings (SSSR count). The Morgan fingerprint density at radius 3 is 3.00 bits per heavy atom. The fourth-order valence-corrected chi connectivity index (χ4v) is 1.40. The summed E-state index contributed by atoms with van der Waals surface area (Å²) >= 11 is 0. The van der Waals surface area contributed by atoms with Crippen LogP contribution in [0.2, 0.25) is 0 Å². The zero-order valence-electron chi connectivity index (χ0n) is 7.06. The van der Waals surface area contributed by atoms with Gasteiger partial charge in [-0.2, -0.15) is 0 Å². The molecule has 1 aliphatic rings. The van der Waals surface area contributed by atoms with Crippen molar-refractivity contribution in [3.63, 3.8) is 0 Å². The molecule has 60 valence electrons. The highest BCUT2D eigenvalue weighted by atomic mass is 15.1. The number of nitrogens with one attached hydrogen (secondary N) is 1. The van der Waals surface area contributed by atoms with Crippen LogP contribution in [0, 0.1) is 0 Å². The Kier molecular flexibility index (Phi) is 3.16. The van der Waals surface area contributed by atoms with E-state index in [-0.39, 0.29) is 0 Å². The fraction of sp³-hybridized carbons (Fsp3) is 1.00. The van der Waals surface area contributed by atoms with Gasteiger partial charge in [0.1, 0.15) is 0 Å². The summed E-state index contributed by atoms with van der Waals surface area (Å²) < 4.78 is 0.